The van der Waals surface area contributed by atoms with E-state index in [9.17, 15) is 23.1 Å². The van der Waals surface area contributed by atoms with Crippen LogP contribution in [0.4, 0.5) is 10.5 Å². The quantitative estimate of drug-likeness (QED) is 0.323. The molecule has 2 amide bonds. The maximum absolute atomic E-state index is 12.4. The maximum Gasteiger partial charge on any atom is 0.414 e. The monoisotopic (exact) mass is 478 g/mol. The van der Waals surface area contributed by atoms with Gasteiger partial charge < -0.3 is 9.84 Å². The fourth-order valence-electron chi connectivity index (χ4n) is 4.03. The Hall–Kier alpha value is -2.61. The molecular formula is C23H30N2O7S. The van der Waals surface area contributed by atoms with E-state index < -0.39 is 38.3 Å². The zero-order valence-electron chi connectivity index (χ0n) is 19.2. The number of cyclic esters (lactones) is 1. The molecule has 1 aliphatic carbocycles. The van der Waals surface area contributed by atoms with Crippen LogP contribution in [0, 0.1) is 23.7 Å². The molecule has 9 nitrogen and oxygen atoms in total. The van der Waals surface area contributed by atoms with E-state index in [2.05, 4.69) is 11.8 Å². The lowest BCUT2D eigenvalue weighted by molar-refractivity contribution is -0.132. The van der Waals surface area contributed by atoms with Crippen LogP contribution in [0.25, 0.3) is 0 Å². The topological polar surface area (TPSA) is 133 Å². The lowest BCUT2D eigenvalue weighted by Gasteiger charge is -2.40. The Kier molecular flexibility index (Phi) is 6.80. The average Bonchev–Trinajstić information content (AvgIpc) is 3.04. The van der Waals surface area contributed by atoms with Gasteiger partial charge in [0.2, 0.25) is 0 Å². The summed E-state index contributed by atoms with van der Waals surface area (Å²) in [4.78, 5) is 25.8. The van der Waals surface area contributed by atoms with E-state index in [1.165, 1.54) is 17.3 Å². The smallest absolute Gasteiger partial charge is 0.414 e. The van der Waals surface area contributed by atoms with Crippen molar-refractivity contribution in [1.29, 1.82) is 0 Å². The Labute approximate surface area is 194 Å². The van der Waals surface area contributed by atoms with Crippen molar-refractivity contribution in [2.24, 2.45) is 11.8 Å². The van der Waals surface area contributed by atoms with E-state index in [-0.39, 0.29) is 24.8 Å². The van der Waals surface area contributed by atoms with Crippen LogP contribution >= 0.6 is 0 Å². The molecule has 3 rings (SSSR count). The molecule has 0 unspecified atom stereocenters. The number of carbonyl (C=O) groups is 2. The molecule has 2 fully saturated rings. The average molecular weight is 479 g/mol. The molecule has 0 spiro atoms. The Morgan fingerprint density at radius 3 is 2.36 bits per heavy atom. The van der Waals surface area contributed by atoms with Crippen molar-refractivity contribution in [3.05, 3.63) is 29.8 Å². The van der Waals surface area contributed by atoms with Crippen LogP contribution in [0.2, 0.25) is 0 Å². The van der Waals surface area contributed by atoms with Gasteiger partial charge in [-0.3, -0.25) is 14.9 Å². The summed E-state index contributed by atoms with van der Waals surface area (Å²) >= 11 is 0. The first-order valence-corrected chi connectivity index (χ1v) is 12.6. The second-order valence-electron chi connectivity index (χ2n) is 9.60. The highest BCUT2D eigenvalue weighted by molar-refractivity contribution is 7.92. The van der Waals surface area contributed by atoms with Crippen LogP contribution in [-0.2, 0) is 19.4 Å². The fourth-order valence-corrected chi connectivity index (χ4v) is 4.90. The number of hydrogen-bond donors (Lipinski definition) is 3. The Morgan fingerprint density at radius 1 is 1.24 bits per heavy atom. The van der Waals surface area contributed by atoms with Crippen molar-refractivity contribution in [1.82, 2.24) is 5.48 Å². The van der Waals surface area contributed by atoms with Gasteiger partial charge in [0.05, 0.1) is 12.1 Å². The van der Waals surface area contributed by atoms with E-state index in [0.717, 1.165) is 24.7 Å². The third-order valence-corrected chi connectivity index (χ3v) is 8.62. The van der Waals surface area contributed by atoms with Gasteiger partial charge in [0.1, 0.15) is 6.10 Å². The molecule has 1 aromatic rings. The molecule has 1 saturated carbocycles. The largest absolute Gasteiger partial charge is 0.444 e. The molecule has 3 N–H and O–H groups in total. The Balaban J connectivity index is 1.64. The third-order valence-electron chi connectivity index (χ3n) is 6.63. The van der Waals surface area contributed by atoms with E-state index in [0.29, 0.717) is 5.69 Å². The van der Waals surface area contributed by atoms with Gasteiger partial charge in [-0.25, -0.2) is 18.7 Å². The summed E-state index contributed by atoms with van der Waals surface area (Å²) in [6, 6.07) is 7.03. The molecular weight excluding hydrogens is 448 g/mol. The molecule has 1 aromatic carbocycles. The van der Waals surface area contributed by atoms with Gasteiger partial charge in [-0.2, -0.15) is 0 Å². The molecule has 180 valence electrons. The van der Waals surface area contributed by atoms with Gasteiger partial charge >= 0.3 is 6.09 Å². The van der Waals surface area contributed by atoms with Crippen molar-refractivity contribution in [2.45, 2.75) is 56.5 Å². The summed E-state index contributed by atoms with van der Waals surface area (Å²) in [5, 5.41) is 19.0. The van der Waals surface area contributed by atoms with E-state index in [1.807, 2.05) is 13.8 Å². The molecule has 2 aliphatic rings. The number of sulfone groups is 1. The molecule has 1 saturated heterocycles. The van der Waals surface area contributed by atoms with Crippen molar-refractivity contribution >= 4 is 27.5 Å². The number of anilines is 1. The number of hydrogen-bond acceptors (Lipinski definition) is 7. The molecule has 1 aliphatic heterocycles. The second-order valence-corrected chi connectivity index (χ2v) is 12.0. The van der Waals surface area contributed by atoms with Crippen LogP contribution < -0.4 is 10.4 Å². The summed E-state index contributed by atoms with van der Waals surface area (Å²) < 4.78 is 27.7. The van der Waals surface area contributed by atoms with E-state index in [1.54, 1.807) is 24.3 Å². The lowest BCUT2D eigenvalue weighted by atomic mass is 9.68. The van der Waals surface area contributed by atoms with E-state index >= 15 is 0 Å². The van der Waals surface area contributed by atoms with Gasteiger partial charge in [-0.15, -0.1) is 0 Å². The van der Waals surface area contributed by atoms with Crippen molar-refractivity contribution < 1.29 is 33.1 Å². The maximum atomic E-state index is 12.4. The highest BCUT2D eigenvalue weighted by Gasteiger charge is 2.48. The minimum absolute atomic E-state index is 0.0636. The summed E-state index contributed by atoms with van der Waals surface area (Å²) in [6.07, 6.45) is 0.844. The van der Waals surface area contributed by atoms with E-state index in [4.69, 9.17) is 9.94 Å². The predicted octanol–water partition coefficient (Wildman–Crippen LogP) is 1.86. The standard InChI is InChI=1S/C23H30N2O7S/c1-22(2,28)17-11-16(12-17)6-5-15-7-9-18(10-8-15)25-14-19(32-21(25)27)13-23(3,20(26)24-29)33(4,30)31/h7-10,16-17,19,28-29H,11-14H2,1-4H3,(H,24,26)/t16?,17?,19-,23+/m0/s1. The highest BCUT2D eigenvalue weighted by Crippen LogP contribution is 2.40. The van der Waals surface area contributed by atoms with Crippen molar-refractivity contribution in [3.8, 4) is 11.8 Å². The van der Waals surface area contributed by atoms with Crippen LogP contribution in [0.1, 0.15) is 45.6 Å². The van der Waals surface area contributed by atoms with Gasteiger partial charge in [-0.1, -0.05) is 11.8 Å². The first kappa shape index (κ1) is 25.0. The van der Waals surface area contributed by atoms with Crippen LogP contribution in [0.15, 0.2) is 24.3 Å². The summed E-state index contributed by atoms with van der Waals surface area (Å²) in [5.41, 5.74) is 2.06. The first-order chi connectivity index (χ1) is 15.2. The summed E-state index contributed by atoms with van der Waals surface area (Å²) in [5.74, 6) is 5.78. The number of amides is 2. The number of benzene rings is 1. The lowest BCUT2D eigenvalue weighted by Crippen LogP contribution is -2.51. The normalized spacial score (nSPS) is 24.7. The number of aliphatic hydroxyl groups is 1. The molecule has 0 bridgehead atoms. The number of hydroxylamine groups is 1. The molecule has 1 heterocycles. The number of rotatable bonds is 6. The molecule has 0 aromatic heterocycles. The van der Waals surface area contributed by atoms with Gasteiger partial charge in [-0.05, 0) is 63.8 Å². The number of carbonyl (C=O) groups excluding carboxylic acids is 2. The third kappa shape index (κ3) is 5.32. The Bertz CT molecular complexity index is 1080. The highest BCUT2D eigenvalue weighted by atomic mass is 32.2. The van der Waals surface area contributed by atoms with Gasteiger partial charge in [0, 0.05) is 29.8 Å². The summed E-state index contributed by atoms with van der Waals surface area (Å²) in [6.45, 7) is 4.88. The zero-order chi connectivity index (χ0) is 24.6. The Morgan fingerprint density at radius 2 is 1.85 bits per heavy atom. The molecule has 10 heteroatoms. The molecule has 2 atom stereocenters. The fraction of sp³-hybridized carbons (Fsp3) is 0.565. The SMILES string of the molecule is CC(C)(O)C1CC(C#Cc2ccc(N3C[C@H](C[C@](C)(C(=O)NO)S(C)(=O)=O)OC3=O)cc2)C1. The predicted molar refractivity (Wildman–Crippen MR) is 121 cm³/mol. The molecule has 0 radical (unpaired) electrons. The van der Waals surface area contributed by atoms with Crippen LogP contribution in [0.3, 0.4) is 0 Å². The first-order valence-electron chi connectivity index (χ1n) is 10.7. The van der Waals surface area contributed by atoms with Crippen LogP contribution in [-0.4, -0.2) is 60.0 Å². The minimum Gasteiger partial charge on any atom is -0.444 e. The number of nitrogens with one attached hydrogen (secondary N) is 1. The number of nitrogens with zero attached hydrogens (tertiary/aromatic N) is 1. The second kappa shape index (κ2) is 8.97. The number of ether oxygens (including phenoxy) is 1. The summed E-state index contributed by atoms with van der Waals surface area (Å²) in [7, 11) is -3.90. The van der Waals surface area contributed by atoms with Crippen LogP contribution in [0.5, 0.6) is 0 Å². The van der Waals surface area contributed by atoms with Gasteiger partial charge in [0.15, 0.2) is 14.6 Å². The zero-order valence-corrected chi connectivity index (χ0v) is 20.0. The molecule has 33 heavy (non-hydrogen) atoms. The minimum atomic E-state index is -3.90. The van der Waals surface area contributed by atoms with Gasteiger partial charge in [0.25, 0.3) is 5.91 Å². The van der Waals surface area contributed by atoms with Crippen molar-refractivity contribution in [2.75, 3.05) is 17.7 Å². The van der Waals surface area contributed by atoms with Crippen molar-refractivity contribution in [3.63, 3.8) is 0 Å².